The molecule has 0 amide bonds. The SMILES string of the molecule is CCCCCCCCCCCCCCCCS(=O)(=O)Nc1ccc(Cl)c([N+](=O)[O-])c1. The molecule has 0 saturated carbocycles. The van der Waals surface area contributed by atoms with E-state index in [-0.39, 0.29) is 22.2 Å². The monoisotopic (exact) mass is 460 g/mol. The molecule has 0 aliphatic heterocycles. The van der Waals surface area contributed by atoms with Gasteiger partial charge in [0.05, 0.1) is 16.4 Å². The van der Waals surface area contributed by atoms with Crippen LogP contribution < -0.4 is 4.72 Å². The van der Waals surface area contributed by atoms with E-state index in [9.17, 15) is 18.5 Å². The Kier molecular flexibility index (Phi) is 13.8. The molecule has 0 atom stereocenters. The summed E-state index contributed by atoms with van der Waals surface area (Å²) in [6.45, 7) is 2.24. The third-order valence-corrected chi connectivity index (χ3v) is 6.88. The average Bonchev–Trinajstić information content (AvgIpc) is 2.69. The van der Waals surface area contributed by atoms with Crippen LogP contribution in [-0.2, 0) is 10.0 Å². The summed E-state index contributed by atoms with van der Waals surface area (Å²) in [5.74, 6) is 0.0153. The van der Waals surface area contributed by atoms with Gasteiger partial charge in [-0.3, -0.25) is 14.8 Å². The zero-order valence-corrected chi connectivity index (χ0v) is 19.8. The highest BCUT2D eigenvalue weighted by molar-refractivity contribution is 7.92. The van der Waals surface area contributed by atoms with Crippen molar-refractivity contribution >= 4 is 33.0 Å². The van der Waals surface area contributed by atoms with Gasteiger partial charge in [-0.1, -0.05) is 102 Å². The van der Waals surface area contributed by atoms with Gasteiger partial charge in [0.25, 0.3) is 5.69 Å². The van der Waals surface area contributed by atoms with Crippen molar-refractivity contribution in [2.45, 2.75) is 96.8 Å². The summed E-state index contributed by atoms with van der Waals surface area (Å²) in [5.41, 5.74) is -0.148. The normalized spacial score (nSPS) is 11.5. The van der Waals surface area contributed by atoms with Crippen molar-refractivity contribution < 1.29 is 13.3 Å². The number of unbranched alkanes of at least 4 members (excludes halogenated alkanes) is 13. The smallest absolute Gasteiger partial charge is 0.283 e. The fraction of sp³-hybridized carbons (Fsp3) is 0.727. The molecule has 0 spiro atoms. The van der Waals surface area contributed by atoms with E-state index in [1.807, 2.05) is 0 Å². The van der Waals surface area contributed by atoms with Crippen LogP contribution in [0, 0.1) is 10.1 Å². The Morgan fingerprint density at radius 2 is 1.33 bits per heavy atom. The average molecular weight is 461 g/mol. The number of nitro benzene ring substituents is 1. The highest BCUT2D eigenvalue weighted by Gasteiger charge is 2.16. The molecule has 6 nitrogen and oxygen atoms in total. The van der Waals surface area contributed by atoms with E-state index >= 15 is 0 Å². The first-order chi connectivity index (χ1) is 14.4. The lowest BCUT2D eigenvalue weighted by atomic mass is 10.0. The molecule has 0 fully saturated rings. The molecular formula is C22H37ClN2O4S. The molecular weight excluding hydrogens is 424 g/mol. The van der Waals surface area contributed by atoms with Crippen LogP contribution >= 0.6 is 11.6 Å². The lowest BCUT2D eigenvalue weighted by Crippen LogP contribution is -2.16. The van der Waals surface area contributed by atoms with E-state index in [0.29, 0.717) is 6.42 Å². The maximum atomic E-state index is 12.2. The molecule has 0 aromatic heterocycles. The predicted molar refractivity (Wildman–Crippen MR) is 126 cm³/mol. The fourth-order valence-corrected chi connectivity index (χ4v) is 4.79. The maximum Gasteiger partial charge on any atom is 0.289 e. The largest absolute Gasteiger partial charge is 0.289 e. The molecule has 8 heteroatoms. The minimum absolute atomic E-state index is 0.0153. The fourth-order valence-electron chi connectivity index (χ4n) is 3.43. The molecule has 1 aromatic rings. The van der Waals surface area contributed by atoms with Gasteiger partial charge in [-0.2, -0.15) is 0 Å². The van der Waals surface area contributed by atoms with Crippen molar-refractivity contribution in [2.24, 2.45) is 0 Å². The topological polar surface area (TPSA) is 89.3 Å². The standard InChI is InChI=1S/C22H37ClN2O4S/c1-2-3-4-5-6-7-8-9-10-11-12-13-14-15-18-30(28,29)24-20-16-17-21(23)22(19-20)25(26)27/h16-17,19,24H,2-15,18H2,1H3. The van der Waals surface area contributed by atoms with Crippen LogP contribution in [0.25, 0.3) is 0 Å². The molecule has 0 bridgehead atoms. The maximum absolute atomic E-state index is 12.2. The summed E-state index contributed by atoms with van der Waals surface area (Å²) in [4.78, 5) is 10.3. The molecule has 1 N–H and O–H groups in total. The lowest BCUT2D eigenvalue weighted by Gasteiger charge is -2.08. The van der Waals surface area contributed by atoms with Gasteiger partial charge < -0.3 is 0 Å². The van der Waals surface area contributed by atoms with Crippen LogP contribution in [0.5, 0.6) is 0 Å². The Bertz CT molecular complexity index is 726. The summed E-state index contributed by atoms with van der Waals surface area (Å²) in [6.07, 6.45) is 16.9. The molecule has 1 aromatic carbocycles. The van der Waals surface area contributed by atoms with Gasteiger partial charge in [0.15, 0.2) is 0 Å². The van der Waals surface area contributed by atoms with Crippen LogP contribution in [0.1, 0.15) is 96.8 Å². The highest BCUT2D eigenvalue weighted by Crippen LogP contribution is 2.28. The van der Waals surface area contributed by atoms with Gasteiger partial charge in [0, 0.05) is 6.07 Å². The first-order valence-corrected chi connectivity index (χ1v) is 13.3. The predicted octanol–water partition coefficient (Wildman–Crippen LogP) is 7.47. The van der Waals surface area contributed by atoms with Gasteiger partial charge in [-0.25, -0.2) is 8.42 Å². The first-order valence-electron chi connectivity index (χ1n) is 11.3. The first kappa shape index (κ1) is 26.7. The molecule has 0 heterocycles. The highest BCUT2D eigenvalue weighted by atomic mass is 35.5. The number of benzene rings is 1. The van der Waals surface area contributed by atoms with E-state index in [1.165, 1.54) is 76.3 Å². The number of halogens is 1. The van der Waals surface area contributed by atoms with Gasteiger partial charge in [-0.05, 0) is 18.6 Å². The number of nitro groups is 1. The van der Waals surface area contributed by atoms with Gasteiger partial charge >= 0.3 is 0 Å². The third kappa shape index (κ3) is 12.4. The van der Waals surface area contributed by atoms with Crippen molar-refractivity contribution in [2.75, 3.05) is 10.5 Å². The molecule has 0 saturated heterocycles. The van der Waals surface area contributed by atoms with Crippen molar-refractivity contribution in [3.63, 3.8) is 0 Å². The van der Waals surface area contributed by atoms with Gasteiger partial charge in [0.2, 0.25) is 10.0 Å². The molecule has 1 rings (SSSR count). The Hall–Kier alpha value is -1.34. The lowest BCUT2D eigenvalue weighted by molar-refractivity contribution is -0.384. The van der Waals surface area contributed by atoms with E-state index in [4.69, 9.17) is 11.6 Å². The molecule has 172 valence electrons. The summed E-state index contributed by atoms with van der Waals surface area (Å²) in [7, 11) is -3.52. The molecule has 0 aliphatic carbocycles. The number of sulfonamides is 1. The summed E-state index contributed by atoms with van der Waals surface area (Å²) in [5, 5.41) is 10.9. The molecule has 0 aliphatic rings. The second-order valence-corrected chi connectivity index (χ2v) is 10.2. The van der Waals surface area contributed by atoms with E-state index in [2.05, 4.69) is 11.6 Å². The van der Waals surface area contributed by atoms with Crippen molar-refractivity contribution in [1.29, 1.82) is 0 Å². The molecule has 0 radical (unpaired) electrons. The Labute approximate surface area is 187 Å². The zero-order valence-electron chi connectivity index (χ0n) is 18.2. The van der Waals surface area contributed by atoms with Crippen molar-refractivity contribution in [3.05, 3.63) is 33.3 Å². The molecule has 0 unspecified atom stereocenters. The van der Waals surface area contributed by atoms with Crippen LogP contribution in [0.2, 0.25) is 5.02 Å². The second kappa shape index (κ2) is 15.5. The number of anilines is 1. The van der Waals surface area contributed by atoms with Crippen molar-refractivity contribution in [3.8, 4) is 0 Å². The van der Waals surface area contributed by atoms with Crippen LogP contribution in [0.4, 0.5) is 11.4 Å². The Morgan fingerprint density at radius 1 is 0.867 bits per heavy atom. The number of nitrogens with one attached hydrogen (secondary N) is 1. The van der Waals surface area contributed by atoms with Gasteiger partial charge in [-0.15, -0.1) is 0 Å². The summed E-state index contributed by atoms with van der Waals surface area (Å²) < 4.78 is 26.7. The van der Waals surface area contributed by atoms with Crippen LogP contribution in [0.15, 0.2) is 18.2 Å². The summed E-state index contributed by atoms with van der Waals surface area (Å²) >= 11 is 5.75. The number of hydrogen-bond acceptors (Lipinski definition) is 4. The van der Waals surface area contributed by atoms with Crippen LogP contribution in [-0.4, -0.2) is 19.1 Å². The summed E-state index contributed by atoms with van der Waals surface area (Å²) in [6, 6.07) is 3.90. The van der Waals surface area contributed by atoms with Crippen molar-refractivity contribution in [1.82, 2.24) is 0 Å². The Morgan fingerprint density at radius 3 is 1.80 bits per heavy atom. The number of nitrogens with zero attached hydrogens (tertiary/aromatic N) is 1. The van der Waals surface area contributed by atoms with Gasteiger partial charge in [0.1, 0.15) is 5.02 Å². The van der Waals surface area contributed by atoms with Crippen LogP contribution in [0.3, 0.4) is 0 Å². The van der Waals surface area contributed by atoms with E-state index in [1.54, 1.807) is 0 Å². The third-order valence-electron chi connectivity index (χ3n) is 5.18. The minimum atomic E-state index is -3.52. The number of rotatable bonds is 18. The quantitative estimate of drug-likeness (QED) is 0.140. The molecule has 30 heavy (non-hydrogen) atoms. The Balaban J connectivity index is 2.08. The zero-order chi connectivity index (χ0) is 22.2. The van der Waals surface area contributed by atoms with E-state index < -0.39 is 14.9 Å². The second-order valence-electron chi connectivity index (χ2n) is 7.94. The minimum Gasteiger partial charge on any atom is -0.283 e. The van der Waals surface area contributed by atoms with E-state index in [0.717, 1.165) is 25.3 Å². The number of hydrogen-bond donors (Lipinski definition) is 1.